The molecule has 0 radical (unpaired) electrons. The number of amides is 1. The van der Waals surface area contributed by atoms with Gasteiger partial charge in [-0.05, 0) is 35.2 Å². The molecular weight excluding hydrogens is 346 g/mol. The molecule has 26 heavy (non-hydrogen) atoms. The van der Waals surface area contributed by atoms with Crippen molar-refractivity contribution in [1.29, 1.82) is 0 Å². The minimum Gasteiger partial charge on any atom is -0.337 e. The van der Waals surface area contributed by atoms with Crippen molar-refractivity contribution in [3.05, 3.63) is 70.8 Å². The highest BCUT2D eigenvalue weighted by Crippen LogP contribution is 2.21. The summed E-state index contributed by atoms with van der Waals surface area (Å²) in [6.07, 6.45) is 1.04. The lowest BCUT2D eigenvalue weighted by atomic mass is 10.0. The van der Waals surface area contributed by atoms with Crippen LogP contribution in [0.3, 0.4) is 0 Å². The molecule has 2 aliphatic heterocycles. The Morgan fingerprint density at radius 3 is 2.73 bits per heavy atom. The van der Waals surface area contributed by atoms with Gasteiger partial charge in [0, 0.05) is 51.4 Å². The molecule has 138 valence electrons. The lowest BCUT2D eigenvalue weighted by molar-refractivity contribution is 0.0735. The molecule has 4 rings (SSSR count). The average Bonchev–Trinajstić information content (AvgIpc) is 3.30. The van der Waals surface area contributed by atoms with Gasteiger partial charge in [0.2, 0.25) is 0 Å². The van der Waals surface area contributed by atoms with Crippen molar-refractivity contribution in [2.24, 2.45) is 0 Å². The molecule has 0 aliphatic carbocycles. The molecular formula is C21H26ClN3O. The van der Waals surface area contributed by atoms with Gasteiger partial charge in [-0.1, -0.05) is 36.4 Å². The van der Waals surface area contributed by atoms with Crippen LogP contribution in [0.15, 0.2) is 48.5 Å². The second kappa shape index (κ2) is 8.21. The predicted molar refractivity (Wildman–Crippen MR) is 106 cm³/mol. The molecule has 4 nitrogen and oxygen atoms in total. The number of likely N-dealkylation sites (N-methyl/N-ethyl adjacent to an activating group) is 1. The van der Waals surface area contributed by atoms with Gasteiger partial charge in [-0.3, -0.25) is 9.69 Å². The van der Waals surface area contributed by atoms with Crippen LogP contribution < -0.4 is 5.32 Å². The number of nitrogens with zero attached hydrogens (tertiary/aromatic N) is 2. The van der Waals surface area contributed by atoms with Gasteiger partial charge in [0.25, 0.3) is 5.91 Å². The standard InChI is InChI=1S/C21H25N3O.ClH/c1-23(21(25)17-7-8-18-12-22-13-19(18)11-17)20-9-10-24(15-20)14-16-5-3-2-4-6-16;/h2-8,11,20,22H,9-10,12-15H2,1H3;1H. The van der Waals surface area contributed by atoms with Crippen molar-refractivity contribution in [2.75, 3.05) is 20.1 Å². The largest absolute Gasteiger partial charge is 0.337 e. The Morgan fingerprint density at radius 1 is 1.15 bits per heavy atom. The zero-order valence-electron chi connectivity index (χ0n) is 15.1. The minimum absolute atomic E-state index is 0. The third-order valence-electron chi connectivity index (χ3n) is 5.45. The van der Waals surface area contributed by atoms with Gasteiger partial charge in [0.1, 0.15) is 0 Å². The van der Waals surface area contributed by atoms with E-state index < -0.39 is 0 Å². The average molecular weight is 372 g/mol. The molecule has 1 atom stereocenters. The van der Waals surface area contributed by atoms with Crippen LogP contribution in [0.25, 0.3) is 0 Å². The number of hydrogen-bond acceptors (Lipinski definition) is 3. The lowest BCUT2D eigenvalue weighted by Gasteiger charge is -2.25. The summed E-state index contributed by atoms with van der Waals surface area (Å²) in [5.74, 6) is 0.140. The van der Waals surface area contributed by atoms with Crippen LogP contribution in [-0.4, -0.2) is 41.9 Å². The molecule has 1 amide bonds. The van der Waals surface area contributed by atoms with Crippen LogP contribution in [0.2, 0.25) is 0 Å². The lowest BCUT2D eigenvalue weighted by Crippen LogP contribution is -2.39. The monoisotopic (exact) mass is 371 g/mol. The Balaban J connectivity index is 0.00000196. The van der Waals surface area contributed by atoms with E-state index in [1.165, 1.54) is 16.7 Å². The SMILES string of the molecule is CN(C(=O)c1ccc2c(c1)CNC2)C1CCN(Cc2ccccc2)C1.Cl. The number of carbonyl (C=O) groups is 1. The highest BCUT2D eigenvalue weighted by molar-refractivity contribution is 5.94. The summed E-state index contributed by atoms with van der Waals surface area (Å²) in [6, 6.07) is 17.0. The van der Waals surface area contributed by atoms with Gasteiger partial charge in [-0.25, -0.2) is 0 Å². The second-order valence-corrected chi connectivity index (χ2v) is 7.17. The normalized spacial score (nSPS) is 19.0. The van der Waals surface area contributed by atoms with E-state index >= 15 is 0 Å². The zero-order valence-corrected chi connectivity index (χ0v) is 16.0. The number of fused-ring (bicyclic) bond motifs is 1. The number of rotatable bonds is 4. The van der Waals surface area contributed by atoms with E-state index in [1.54, 1.807) is 0 Å². The quantitative estimate of drug-likeness (QED) is 0.897. The summed E-state index contributed by atoms with van der Waals surface area (Å²) in [5.41, 5.74) is 4.72. The van der Waals surface area contributed by atoms with E-state index in [9.17, 15) is 4.79 Å². The Morgan fingerprint density at radius 2 is 1.92 bits per heavy atom. The summed E-state index contributed by atoms with van der Waals surface area (Å²) in [5, 5.41) is 3.34. The molecule has 0 saturated carbocycles. The van der Waals surface area contributed by atoms with Crippen LogP contribution in [0.4, 0.5) is 0 Å². The maximum atomic E-state index is 12.9. The smallest absolute Gasteiger partial charge is 0.253 e. The first-order valence-electron chi connectivity index (χ1n) is 9.06. The number of halogens is 1. The van der Waals surface area contributed by atoms with Crippen LogP contribution >= 0.6 is 12.4 Å². The van der Waals surface area contributed by atoms with Crippen LogP contribution in [0.5, 0.6) is 0 Å². The molecule has 0 spiro atoms. The number of likely N-dealkylation sites (tertiary alicyclic amines) is 1. The van der Waals surface area contributed by atoms with Crippen LogP contribution in [-0.2, 0) is 19.6 Å². The summed E-state index contributed by atoms with van der Waals surface area (Å²) in [6.45, 7) is 4.74. The molecule has 1 fully saturated rings. The number of carbonyl (C=O) groups excluding carboxylic acids is 1. The van der Waals surface area contributed by atoms with E-state index in [4.69, 9.17) is 0 Å². The molecule has 1 saturated heterocycles. The van der Waals surface area contributed by atoms with Crippen molar-refractivity contribution in [2.45, 2.75) is 32.1 Å². The maximum absolute atomic E-state index is 12.9. The minimum atomic E-state index is 0. The fraction of sp³-hybridized carbons (Fsp3) is 0.381. The fourth-order valence-electron chi connectivity index (χ4n) is 3.91. The number of nitrogens with one attached hydrogen (secondary N) is 1. The number of benzene rings is 2. The van der Waals surface area contributed by atoms with Crippen molar-refractivity contribution in [3.8, 4) is 0 Å². The predicted octanol–water partition coefficient (Wildman–Crippen LogP) is 3.06. The third-order valence-corrected chi connectivity index (χ3v) is 5.45. The van der Waals surface area contributed by atoms with Crippen LogP contribution in [0, 0.1) is 0 Å². The fourth-order valence-corrected chi connectivity index (χ4v) is 3.91. The van der Waals surface area contributed by atoms with Gasteiger partial charge in [0.15, 0.2) is 0 Å². The van der Waals surface area contributed by atoms with E-state index in [0.717, 1.165) is 44.7 Å². The highest BCUT2D eigenvalue weighted by atomic mass is 35.5. The maximum Gasteiger partial charge on any atom is 0.253 e. The van der Waals surface area contributed by atoms with Crippen molar-refractivity contribution in [3.63, 3.8) is 0 Å². The molecule has 2 aromatic carbocycles. The summed E-state index contributed by atoms with van der Waals surface area (Å²) in [4.78, 5) is 17.3. The van der Waals surface area contributed by atoms with E-state index in [-0.39, 0.29) is 18.3 Å². The Kier molecular flexibility index (Phi) is 5.97. The third kappa shape index (κ3) is 3.93. The summed E-state index contributed by atoms with van der Waals surface area (Å²) in [7, 11) is 1.95. The summed E-state index contributed by atoms with van der Waals surface area (Å²) >= 11 is 0. The first kappa shape index (κ1) is 18.9. The van der Waals surface area contributed by atoms with E-state index in [1.807, 2.05) is 18.0 Å². The Bertz CT molecular complexity index is 765. The molecule has 1 unspecified atom stereocenters. The molecule has 5 heteroatoms. The van der Waals surface area contributed by atoms with Gasteiger partial charge in [0.05, 0.1) is 0 Å². The van der Waals surface area contributed by atoms with E-state index in [2.05, 4.69) is 52.7 Å². The molecule has 2 aromatic rings. The van der Waals surface area contributed by atoms with Gasteiger partial charge < -0.3 is 10.2 Å². The second-order valence-electron chi connectivity index (χ2n) is 7.17. The van der Waals surface area contributed by atoms with Crippen LogP contribution in [0.1, 0.15) is 33.5 Å². The molecule has 2 aliphatic rings. The van der Waals surface area contributed by atoms with Gasteiger partial charge in [-0.15, -0.1) is 12.4 Å². The summed E-state index contributed by atoms with van der Waals surface area (Å²) < 4.78 is 0. The molecule has 1 N–H and O–H groups in total. The molecule has 2 heterocycles. The first-order chi connectivity index (χ1) is 12.2. The number of hydrogen-bond donors (Lipinski definition) is 1. The highest BCUT2D eigenvalue weighted by Gasteiger charge is 2.29. The van der Waals surface area contributed by atoms with Gasteiger partial charge >= 0.3 is 0 Å². The van der Waals surface area contributed by atoms with Crippen molar-refractivity contribution < 1.29 is 4.79 Å². The Hall–Kier alpha value is -1.88. The zero-order chi connectivity index (χ0) is 17.2. The molecule has 0 aromatic heterocycles. The van der Waals surface area contributed by atoms with Crippen molar-refractivity contribution >= 4 is 18.3 Å². The molecule has 0 bridgehead atoms. The van der Waals surface area contributed by atoms with Gasteiger partial charge in [-0.2, -0.15) is 0 Å². The van der Waals surface area contributed by atoms with E-state index in [0.29, 0.717) is 6.04 Å². The topological polar surface area (TPSA) is 35.6 Å². The first-order valence-corrected chi connectivity index (χ1v) is 9.06. The Labute approximate surface area is 161 Å². The van der Waals surface area contributed by atoms with Crippen molar-refractivity contribution in [1.82, 2.24) is 15.1 Å².